The van der Waals surface area contributed by atoms with Gasteiger partial charge in [-0.25, -0.2) is 9.97 Å². The number of halogens is 1. The quantitative estimate of drug-likeness (QED) is 0.467. The molecule has 0 atom stereocenters. The van der Waals surface area contributed by atoms with E-state index in [2.05, 4.69) is 36.2 Å². The standard InChI is InChI=1S/C20H16BrN5O2S/c21-14-1-2-16-15(9-14)20(28)26(12-24-16)8-5-18(27)23-10-19-25-17(11-29-19)13-3-6-22-7-4-13/h1-4,6-7,9,11-12H,5,8,10H2,(H,23,27). The predicted octanol–water partition coefficient (Wildman–Crippen LogP) is 3.38. The van der Waals surface area contributed by atoms with Crippen LogP contribution in [0.15, 0.2) is 63.7 Å². The van der Waals surface area contributed by atoms with Gasteiger partial charge < -0.3 is 5.32 Å². The molecule has 1 aromatic carbocycles. The molecule has 1 amide bonds. The van der Waals surface area contributed by atoms with Gasteiger partial charge in [-0.15, -0.1) is 11.3 Å². The van der Waals surface area contributed by atoms with E-state index in [0.29, 0.717) is 17.4 Å². The van der Waals surface area contributed by atoms with Crippen molar-refractivity contribution in [1.29, 1.82) is 0 Å². The molecule has 3 heterocycles. The van der Waals surface area contributed by atoms with Crippen LogP contribution in [0.4, 0.5) is 0 Å². The van der Waals surface area contributed by atoms with Gasteiger partial charge in [-0.2, -0.15) is 0 Å². The molecule has 29 heavy (non-hydrogen) atoms. The zero-order valence-corrected chi connectivity index (χ0v) is 17.6. The van der Waals surface area contributed by atoms with E-state index in [1.165, 1.54) is 22.2 Å². The van der Waals surface area contributed by atoms with Gasteiger partial charge in [-0.3, -0.25) is 19.1 Å². The van der Waals surface area contributed by atoms with Crippen molar-refractivity contribution in [2.24, 2.45) is 0 Å². The molecule has 0 spiro atoms. The van der Waals surface area contributed by atoms with Gasteiger partial charge in [-0.05, 0) is 30.3 Å². The minimum atomic E-state index is -0.161. The van der Waals surface area contributed by atoms with Crippen LogP contribution in [-0.2, 0) is 17.9 Å². The summed E-state index contributed by atoms with van der Waals surface area (Å²) in [4.78, 5) is 37.6. The summed E-state index contributed by atoms with van der Waals surface area (Å²) in [6, 6.07) is 9.15. The summed E-state index contributed by atoms with van der Waals surface area (Å²) in [6.07, 6.45) is 5.11. The van der Waals surface area contributed by atoms with E-state index in [1.807, 2.05) is 23.6 Å². The maximum atomic E-state index is 12.6. The zero-order chi connectivity index (χ0) is 20.2. The van der Waals surface area contributed by atoms with E-state index in [0.717, 1.165) is 20.7 Å². The van der Waals surface area contributed by atoms with Crippen LogP contribution in [0.5, 0.6) is 0 Å². The number of thiazole rings is 1. The first-order chi connectivity index (χ1) is 14.1. The van der Waals surface area contributed by atoms with Gasteiger partial charge in [0.2, 0.25) is 5.91 Å². The highest BCUT2D eigenvalue weighted by Gasteiger charge is 2.09. The molecule has 1 N–H and O–H groups in total. The summed E-state index contributed by atoms with van der Waals surface area (Å²) < 4.78 is 2.27. The summed E-state index contributed by atoms with van der Waals surface area (Å²) >= 11 is 4.85. The highest BCUT2D eigenvalue weighted by Crippen LogP contribution is 2.21. The highest BCUT2D eigenvalue weighted by atomic mass is 79.9. The Balaban J connectivity index is 1.35. The number of hydrogen-bond donors (Lipinski definition) is 1. The molecule has 0 saturated heterocycles. The van der Waals surface area contributed by atoms with Crippen LogP contribution >= 0.6 is 27.3 Å². The van der Waals surface area contributed by atoms with Gasteiger partial charge in [0.25, 0.3) is 5.56 Å². The SMILES string of the molecule is O=C(CCn1cnc2ccc(Br)cc2c1=O)NCc1nc(-c2ccncc2)cs1. The number of nitrogens with zero attached hydrogens (tertiary/aromatic N) is 4. The summed E-state index contributed by atoms with van der Waals surface area (Å²) in [7, 11) is 0. The van der Waals surface area contributed by atoms with Crippen molar-refractivity contribution in [1.82, 2.24) is 24.8 Å². The van der Waals surface area contributed by atoms with Crippen LogP contribution in [0, 0.1) is 0 Å². The lowest BCUT2D eigenvalue weighted by molar-refractivity contribution is -0.121. The molecule has 7 nitrogen and oxygen atoms in total. The third-order valence-electron chi connectivity index (χ3n) is 4.33. The fourth-order valence-electron chi connectivity index (χ4n) is 2.82. The van der Waals surface area contributed by atoms with Crippen LogP contribution in [0.3, 0.4) is 0 Å². The van der Waals surface area contributed by atoms with Crippen LogP contribution < -0.4 is 10.9 Å². The number of rotatable bonds is 6. The number of carbonyl (C=O) groups is 1. The predicted molar refractivity (Wildman–Crippen MR) is 116 cm³/mol. The Bertz CT molecular complexity index is 1220. The third-order valence-corrected chi connectivity index (χ3v) is 5.67. The lowest BCUT2D eigenvalue weighted by Gasteiger charge is -2.07. The van der Waals surface area contributed by atoms with E-state index in [1.54, 1.807) is 24.5 Å². The first-order valence-electron chi connectivity index (χ1n) is 8.86. The summed E-state index contributed by atoms with van der Waals surface area (Å²) in [5, 5.41) is 6.15. The molecule has 0 aliphatic rings. The van der Waals surface area contributed by atoms with Crippen molar-refractivity contribution in [2.75, 3.05) is 0 Å². The van der Waals surface area contributed by atoms with Crippen molar-refractivity contribution in [3.63, 3.8) is 0 Å². The van der Waals surface area contributed by atoms with Crippen LogP contribution in [0.25, 0.3) is 22.2 Å². The first-order valence-corrected chi connectivity index (χ1v) is 10.5. The van der Waals surface area contributed by atoms with Gasteiger partial charge in [0, 0.05) is 40.8 Å². The second kappa shape index (κ2) is 8.62. The van der Waals surface area contributed by atoms with E-state index < -0.39 is 0 Å². The molecule has 0 radical (unpaired) electrons. The topological polar surface area (TPSA) is 89.8 Å². The minimum Gasteiger partial charge on any atom is -0.350 e. The van der Waals surface area contributed by atoms with E-state index in [-0.39, 0.29) is 24.4 Å². The lowest BCUT2D eigenvalue weighted by Crippen LogP contribution is -2.27. The Hall–Kier alpha value is -2.91. The molecular formula is C20H16BrN5O2S. The average molecular weight is 470 g/mol. The van der Waals surface area contributed by atoms with E-state index in [9.17, 15) is 9.59 Å². The van der Waals surface area contributed by atoms with Gasteiger partial charge >= 0.3 is 0 Å². The van der Waals surface area contributed by atoms with Crippen molar-refractivity contribution in [3.8, 4) is 11.3 Å². The fourth-order valence-corrected chi connectivity index (χ4v) is 3.93. The first kappa shape index (κ1) is 19.4. The number of carbonyl (C=O) groups excluding carboxylic acids is 1. The van der Waals surface area contributed by atoms with Crippen molar-refractivity contribution >= 4 is 44.1 Å². The molecule has 0 saturated carbocycles. The van der Waals surface area contributed by atoms with Gasteiger partial charge in [-0.1, -0.05) is 15.9 Å². The van der Waals surface area contributed by atoms with E-state index >= 15 is 0 Å². The average Bonchev–Trinajstić information content (AvgIpc) is 3.22. The number of fused-ring (bicyclic) bond motifs is 1. The molecule has 0 aliphatic heterocycles. The Labute approximate surface area is 178 Å². The number of amides is 1. The molecule has 4 rings (SSSR count). The molecule has 9 heteroatoms. The molecule has 0 bridgehead atoms. The molecule has 0 unspecified atom stereocenters. The van der Waals surface area contributed by atoms with Crippen molar-refractivity contribution < 1.29 is 4.79 Å². The van der Waals surface area contributed by atoms with Crippen LogP contribution in [0.1, 0.15) is 11.4 Å². The second-order valence-corrected chi connectivity index (χ2v) is 8.15. The van der Waals surface area contributed by atoms with Crippen LogP contribution in [-0.4, -0.2) is 25.4 Å². The van der Waals surface area contributed by atoms with Crippen LogP contribution in [0.2, 0.25) is 0 Å². The third kappa shape index (κ3) is 4.57. The molecular weight excluding hydrogens is 454 g/mol. The number of nitrogens with one attached hydrogen (secondary N) is 1. The Morgan fingerprint density at radius 3 is 2.86 bits per heavy atom. The van der Waals surface area contributed by atoms with Gasteiger partial charge in [0.05, 0.1) is 29.5 Å². The maximum absolute atomic E-state index is 12.6. The molecule has 0 fully saturated rings. The highest BCUT2D eigenvalue weighted by molar-refractivity contribution is 9.10. The van der Waals surface area contributed by atoms with Gasteiger partial charge in [0.1, 0.15) is 5.01 Å². The molecule has 4 aromatic rings. The number of hydrogen-bond acceptors (Lipinski definition) is 6. The second-order valence-electron chi connectivity index (χ2n) is 6.29. The summed E-state index contributed by atoms with van der Waals surface area (Å²) in [6.45, 7) is 0.618. The van der Waals surface area contributed by atoms with Gasteiger partial charge in [0.15, 0.2) is 0 Å². The van der Waals surface area contributed by atoms with Crippen molar-refractivity contribution in [3.05, 3.63) is 74.3 Å². The molecule has 146 valence electrons. The summed E-state index contributed by atoms with van der Waals surface area (Å²) in [5.41, 5.74) is 2.32. The van der Waals surface area contributed by atoms with Crippen molar-refractivity contribution in [2.45, 2.75) is 19.5 Å². The number of aromatic nitrogens is 4. The largest absolute Gasteiger partial charge is 0.350 e. The Kier molecular flexibility index (Phi) is 5.77. The minimum absolute atomic E-state index is 0.146. The molecule has 0 aliphatic carbocycles. The normalized spacial score (nSPS) is 10.9. The Morgan fingerprint density at radius 1 is 1.21 bits per heavy atom. The molecule has 3 aromatic heterocycles. The number of aryl methyl sites for hydroxylation is 1. The number of pyridine rings is 1. The number of benzene rings is 1. The fraction of sp³-hybridized carbons (Fsp3) is 0.150. The Morgan fingerprint density at radius 2 is 2.03 bits per heavy atom. The monoisotopic (exact) mass is 469 g/mol. The lowest BCUT2D eigenvalue weighted by atomic mass is 10.2. The smallest absolute Gasteiger partial charge is 0.261 e. The van der Waals surface area contributed by atoms with E-state index in [4.69, 9.17) is 0 Å². The maximum Gasteiger partial charge on any atom is 0.261 e. The zero-order valence-electron chi connectivity index (χ0n) is 15.2. The summed E-state index contributed by atoms with van der Waals surface area (Å²) in [5.74, 6) is -0.146.